The van der Waals surface area contributed by atoms with E-state index >= 15 is 0 Å². The van der Waals surface area contributed by atoms with Crippen LogP contribution in [-0.4, -0.2) is 59.6 Å². The minimum Gasteiger partial charge on any atom is -0.458 e. The van der Waals surface area contributed by atoms with E-state index in [-0.39, 0.29) is 42.9 Å². The Morgan fingerprint density at radius 1 is 0.468 bits per heavy atom. The third kappa shape index (κ3) is 20.2. The summed E-state index contributed by atoms with van der Waals surface area (Å²) in [6.07, 6.45) is -3.53. The lowest BCUT2D eigenvalue weighted by atomic mass is 9.96. The van der Waals surface area contributed by atoms with Crippen molar-refractivity contribution < 1.29 is 48.1 Å². The molecule has 0 heterocycles. The number of carbonyl (C=O) groups is 5. The SMILES string of the molecule is CC(C)C[C@@H](ONC(=O)[C@@H](CC(C)C)ONC(=O)C(C)(C)C)C(=O)NO[C@H](CC(C)C)C(=O)NO[C@H](CC(C)C)C(=O)OC(C)(C)C. The average molecular weight is 675 g/mol. The predicted octanol–water partition coefficient (Wildman–Crippen LogP) is 4.22. The van der Waals surface area contributed by atoms with Crippen molar-refractivity contribution in [3.05, 3.63) is 0 Å². The molecule has 0 aliphatic heterocycles. The lowest BCUT2D eigenvalue weighted by molar-refractivity contribution is -0.182. The Labute approximate surface area is 281 Å². The van der Waals surface area contributed by atoms with Gasteiger partial charge in [0.1, 0.15) is 5.60 Å². The van der Waals surface area contributed by atoms with Crippen LogP contribution < -0.4 is 21.9 Å². The first-order valence-corrected chi connectivity index (χ1v) is 16.5. The summed E-state index contributed by atoms with van der Waals surface area (Å²) in [5, 5.41) is 0. The summed E-state index contributed by atoms with van der Waals surface area (Å²) in [6, 6.07) is 0. The third-order valence-electron chi connectivity index (χ3n) is 6.17. The molecule has 274 valence electrons. The van der Waals surface area contributed by atoms with Crippen LogP contribution in [0.2, 0.25) is 0 Å². The van der Waals surface area contributed by atoms with Gasteiger partial charge in [-0.3, -0.25) is 38.5 Å². The summed E-state index contributed by atoms with van der Waals surface area (Å²) in [5.74, 6) is -3.09. The maximum absolute atomic E-state index is 13.2. The number of amides is 4. The van der Waals surface area contributed by atoms with E-state index < -0.39 is 65.0 Å². The van der Waals surface area contributed by atoms with Gasteiger partial charge in [-0.1, -0.05) is 76.2 Å². The molecule has 0 aromatic carbocycles. The highest BCUT2D eigenvalue weighted by Crippen LogP contribution is 2.17. The monoisotopic (exact) mass is 674 g/mol. The van der Waals surface area contributed by atoms with Gasteiger partial charge in [-0.15, -0.1) is 0 Å². The van der Waals surface area contributed by atoms with Crippen LogP contribution in [-0.2, 0) is 48.1 Å². The highest BCUT2D eigenvalue weighted by Gasteiger charge is 2.32. The minimum atomic E-state index is -1.19. The molecule has 4 atom stereocenters. The quantitative estimate of drug-likeness (QED) is 0.108. The molecule has 0 saturated heterocycles. The van der Waals surface area contributed by atoms with Crippen LogP contribution in [0.4, 0.5) is 0 Å². The van der Waals surface area contributed by atoms with Crippen molar-refractivity contribution in [2.45, 2.75) is 153 Å². The molecule has 0 aliphatic carbocycles. The topological polar surface area (TPSA) is 180 Å². The van der Waals surface area contributed by atoms with E-state index in [9.17, 15) is 24.0 Å². The molecule has 0 fully saturated rings. The molecule has 0 spiro atoms. The lowest BCUT2D eigenvalue weighted by Gasteiger charge is -2.26. The van der Waals surface area contributed by atoms with Crippen molar-refractivity contribution in [1.82, 2.24) is 21.9 Å². The van der Waals surface area contributed by atoms with Crippen molar-refractivity contribution in [1.29, 1.82) is 0 Å². The largest absolute Gasteiger partial charge is 0.458 e. The van der Waals surface area contributed by atoms with Crippen LogP contribution >= 0.6 is 0 Å². The molecule has 14 heteroatoms. The minimum absolute atomic E-state index is 0.0152. The van der Waals surface area contributed by atoms with Crippen molar-refractivity contribution in [3.8, 4) is 0 Å². The van der Waals surface area contributed by atoms with Gasteiger partial charge in [0, 0.05) is 5.41 Å². The number of ether oxygens (including phenoxy) is 1. The number of esters is 1. The van der Waals surface area contributed by atoms with Crippen LogP contribution in [0.1, 0.15) is 123 Å². The van der Waals surface area contributed by atoms with E-state index in [1.54, 1.807) is 41.5 Å². The average Bonchev–Trinajstić information content (AvgIpc) is 2.90. The Balaban J connectivity index is 5.55. The van der Waals surface area contributed by atoms with Gasteiger partial charge in [0.25, 0.3) is 17.7 Å². The number of hydrogen-bond donors (Lipinski definition) is 4. The van der Waals surface area contributed by atoms with Crippen LogP contribution in [0, 0.1) is 29.1 Å². The van der Waals surface area contributed by atoms with Crippen LogP contribution in [0.5, 0.6) is 0 Å². The fourth-order valence-electron chi connectivity index (χ4n) is 3.76. The molecule has 0 rings (SSSR count). The molecule has 14 nitrogen and oxygen atoms in total. The van der Waals surface area contributed by atoms with E-state index in [2.05, 4.69) is 21.9 Å². The van der Waals surface area contributed by atoms with Gasteiger partial charge in [0.05, 0.1) is 0 Å². The van der Waals surface area contributed by atoms with Crippen molar-refractivity contribution >= 4 is 29.6 Å². The maximum atomic E-state index is 13.2. The van der Waals surface area contributed by atoms with Gasteiger partial charge in [0.2, 0.25) is 5.91 Å². The molecule has 0 aromatic rings. The first kappa shape index (κ1) is 44.2. The standard InChI is InChI=1S/C33H62N4O10/c1-19(2)15-23(44-35-29(40)25(17-21(5)6)46-37-31(42)32(9,10)11)27(38)34-45-24(16-20(3)4)28(39)36-47-26(18-22(7)8)30(41)43-33(12,13)14/h19-26H,15-18H2,1-14H3,(H,34,38)(H,35,40)(H,36,39)(H,37,42)/t23-,24-,25-,26-/m1/s1. The summed E-state index contributed by atoms with van der Waals surface area (Å²) in [7, 11) is 0. The second-order valence-electron chi connectivity index (χ2n) is 15.6. The second-order valence-corrected chi connectivity index (χ2v) is 15.6. The number of hydroxylamine groups is 4. The Hall–Kier alpha value is -2.81. The molecule has 0 bridgehead atoms. The Morgan fingerprint density at radius 3 is 1.02 bits per heavy atom. The molecule has 4 amide bonds. The zero-order valence-corrected chi connectivity index (χ0v) is 31.0. The van der Waals surface area contributed by atoms with E-state index in [0.29, 0.717) is 6.42 Å². The van der Waals surface area contributed by atoms with Gasteiger partial charge in [0.15, 0.2) is 24.4 Å². The molecule has 4 N–H and O–H groups in total. The van der Waals surface area contributed by atoms with Crippen molar-refractivity contribution in [3.63, 3.8) is 0 Å². The van der Waals surface area contributed by atoms with Crippen LogP contribution in [0.25, 0.3) is 0 Å². The van der Waals surface area contributed by atoms with Gasteiger partial charge < -0.3 is 4.74 Å². The van der Waals surface area contributed by atoms with Gasteiger partial charge in [-0.25, -0.2) is 26.7 Å². The second kappa shape index (κ2) is 20.5. The van der Waals surface area contributed by atoms with Gasteiger partial charge in [-0.2, -0.15) is 0 Å². The fraction of sp³-hybridized carbons (Fsp3) is 0.848. The van der Waals surface area contributed by atoms with E-state index in [0.717, 1.165) is 0 Å². The summed E-state index contributed by atoms with van der Waals surface area (Å²) < 4.78 is 5.43. The first-order chi connectivity index (χ1) is 21.4. The molecule has 0 unspecified atom stereocenters. The Kier molecular flexibility index (Phi) is 19.3. The molecular weight excluding hydrogens is 612 g/mol. The Bertz CT molecular complexity index is 1000. The highest BCUT2D eigenvalue weighted by atomic mass is 16.7. The highest BCUT2D eigenvalue weighted by molar-refractivity contribution is 5.84. The maximum Gasteiger partial charge on any atom is 0.338 e. The zero-order valence-electron chi connectivity index (χ0n) is 31.0. The summed E-state index contributed by atoms with van der Waals surface area (Å²) in [4.78, 5) is 86.1. The third-order valence-corrected chi connectivity index (χ3v) is 6.17. The molecular formula is C33H62N4O10. The zero-order chi connectivity index (χ0) is 36.7. The molecule has 0 saturated carbocycles. The van der Waals surface area contributed by atoms with E-state index in [1.165, 1.54) is 0 Å². The van der Waals surface area contributed by atoms with Gasteiger partial charge >= 0.3 is 5.97 Å². The normalized spacial score (nSPS) is 14.9. The Morgan fingerprint density at radius 2 is 0.745 bits per heavy atom. The summed E-state index contributed by atoms with van der Waals surface area (Å²) in [5.41, 5.74) is 7.70. The summed E-state index contributed by atoms with van der Waals surface area (Å²) >= 11 is 0. The summed E-state index contributed by atoms with van der Waals surface area (Å²) in [6.45, 7) is 25.4. The molecule has 0 radical (unpaired) electrons. The lowest BCUT2D eigenvalue weighted by Crippen LogP contribution is -2.49. The van der Waals surface area contributed by atoms with Crippen LogP contribution in [0.3, 0.4) is 0 Å². The number of carbonyl (C=O) groups excluding carboxylic acids is 5. The number of nitrogens with one attached hydrogen (secondary N) is 4. The molecule has 0 aliphatic rings. The predicted molar refractivity (Wildman–Crippen MR) is 175 cm³/mol. The number of hydrogen-bond acceptors (Lipinski definition) is 10. The van der Waals surface area contributed by atoms with E-state index in [4.69, 9.17) is 24.1 Å². The first-order valence-electron chi connectivity index (χ1n) is 16.5. The van der Waals surface area contributed by atoms with Crippen LogP contribution in [0.15, 0.2) is 0 Å². The smallest absolute Gasteiger partial charge is 0.338 e. The van der Waals surface area contributed by atoms with Crippen molar-refractivity contribution in [2.24, 2.45) is 29.1 Å². The van der Waals surface area contributed by atoms with Gasteiger partial charge in [-0.05, 0) is 70.1 Å². The van der Waals surface area contributed by atoms with Crippen molar-refractivity contribution in [2.75, 3.05) is 0 Å². The van der Waals surface area contributed by atoms with E-state index in [1.807, 2.05) is 55.4 Å². The molecule has 47 heavy (non-hydrogen) atoms. The molecule has 0 aromatic heterocycles. The number of rotatable bonds is 20. The fourth-order valence-corrected chi connectivity index (χ4v) is 3.76.